The highest BCUT2D eigenvalue weighted by molar-refractivity contribution is 7.80. The van der Waals surface area contributed by atoms with Crippen LogP contribution in [0.25, 0.3) is 0 Å². The molecule has 2 nitrogen and oxygen atoms in total. The standard InChI is InChI=1S/C18H28N2S/c1-12-9-15(11-18(4,5)10-12)19-17(21)20-16-8-6-7-13(2)14(16)3/h6-8,12,15H,9-11H2,1-5H3,(H2,19,20,21). The first-order valence-electron chi connectivity index (χ1n) is 7.90. The third kappa shape index (κ3) is 4.44. The molecule has 116 valence electrons. The zero-order valence-electron chi connectivity index (χ0n) is 13.9. The SMILES string of the molecule is Cc1cccc(NC(=S)NC2CC(C)CC(C)(C)C2)c1C. The van der Waals surface area contributed by atoms with Crippen molar-refractivity contribution in [2.45, 2.75) is 59.9 Å². The maximum atomic E-state index is 5.51. The number of nitrogens with one attached hydrogen (secondary N) is 2. The average molecular weight is 305 g/mol. The summed E-state index contributed by atoms with van der Waals surface area (Å²) in [7, 11) is 0. The molecule has 0 saturated heterocycles. The maximum absolute atomic E-state index is 5.51. The molecule has 1 aliphatic rings. The Morgan fingerprint density at radius 3 is 2.62 bits per heavy atom. The zero-order chi connectivity index (χ0) is 15.6. The predicted molar refractivity (Wildman–Crippen MR) is 95.9 cm³/mol. The predicted octanol–water partition coefficient (Wildman–Crippen LogP) is 4.80. The molecular weight excluding hydrogens is 276 g/mol. The summed E-state index contributed by atoms with van der Waals surface area (Å²) >= 11 is 5.51. The van der Waals surface area contributed by atoms with Crippen LogP contribution in [-0.2, 0) is 0 Å². The van der Waals surface area contributed by atoms with E-state index in [0.717, 1.165) is 16.7 Å². The van der Waals surface area contributed by atoms with Crippen LogP contribution in [0.15, 0.2) is 18.2 Å². The van der Waals surface area contributed by atoms with Crippen LogP contribution in [0.4, 0.5) is 5.69 Å². The molecule has 0 aromatic heterocycles. The minimum atomic E-state index is 0.407. The molecule has 2 rings (SSSR count). The van der Waals surface area contributed by atoms with Crippen molar-refractivity contribution in [2.75, 3.05) is 5.32 Å². The lowest BCUT2D eigenvalue weighted by molar-refractivity contribution is 0.162. The number of hydrogen-bond acceptors (Lipinski definition) is 1. The van der Waals surface area contributed by atoms with Gasteiger partial charge < -0.3 is 10.6 Å². The van der Waals surface area contributed by atoms with E-state index in [0.29, 0.717) is 11.5 Å². The van der Waals surface area contributed by atoms with Crippen molar-refractivity contribution in [2.24, 2.45) is 11.3 Å². The van der Waals surface area contributed by atoms with Crippen LogP contribution in [0, 0.1) is 25.2 Å². The Morgan fingerprint density at radius 1 is 1.24 bits per heavy atom. The van der Waals surface area contributed by atoms with Gasteiger partial charge in [0.05, 0.1) is 0 Å². The Balaban J connectivity index is 1.97. The van der Waals surface area contributed by atoms with Gasteiger partial charge in [-0.3, -0.25) is 0 Å². The lowest BCUT2D eigenvalue weighted by Gasteiger charge is -2.39. The Kier molecular flexibility index (Phi) is 4.92. The third-order valence-corrected chi connectivity index (χ3v) is 4.79. The molecule has 1 aromatic carbocycles. The van der Waals surface area contributed by atoms with Crippen LogP contribution >= 0.6 is 12.2 Å². The molecule has 2 atom stereocenters. The summed E-state index contributed by atoms with van der Waals surface area (Å²) in [4.78, 5) is 0. The number of benzene rings is 1. The van der Waals surface area contributed by atoms with Crippen molar-refractivity contribution in [1.82, 2.24) is 5.32 Å². The van der Waals surface area contributed by atoms with Crippen molar-refractivity contribution < 1.29 is 0 Å². The van der Waals surface area contributed by atoms with Gasteiger partial charge in [-0.05, 0) is 73.9 Å². The van der Waals surface area contributed by atoms with Crippen LogP contribution in [-0.4, -0.2) is 11.2 Å². The number of hydrogen-bond donors (Lipinski definition) is 2. The normalized spacial score (nSPS) is 24.4. The first-order chi connectivity index (χ1) is 9.77. The summed E-state index contributed by atoms with van der Waals surface area (Å²) in [6, 6.07) is 6.76. The second kappa shape index (κ2) is 6.35. The fourth-order valence-electron chi connectivity index (χ4n) is 3.69. The number of aryl methyl sites for hydroxylation is 1. The van der Waals surface area contributed by atoms with Gasteiger partial charge in [0.15, 0.2) is 5.11 Å². The van der Waals surface area contributed by atoms with Crippen LogP contribution in [0.1, 0.15) is 51.2 Å². The third-order valence-electron chi connectivity index (χ3n) is 4.57. The summed E-state index contributed by atoms with van der Waals surface area (Å²) in [6.07, 6.45) is 3.70. The van der Waals surface area contributed by atoms with Crippen LogP contribution < -0.4 is 10.6 Å². The number of thiocarbonyl (C=S) groups is 1. The van der Waals surface area contributed by atoms with E-state index < -0.39 is 0 Å². The first-order valence-corrected chi connectivity index (χ1v) is 8.31. The molecule has 0 radical (unpaired) electrons. The lowest BCUT2D eigenvalue weighted by Crippen LogP contribution is -2.44. The second-order valence-electron chi connectivity index (χ2n) is 7.46. The molecule has 0 amide bonds. The maximum Gasteiger partial charge on any atom is 0.171 e. The molecule has 0 heterocycles. The number of anilines is 1. The summed E-state index contributed by atoms with van der Waals surface area (Å²) in [5.74, 6) is 0.759. The summed E-state index contributed by atoms with van der Waals surface area (Å²) in [5, 5.41) is 7.63. The van der Waals surface area contributed by atoms with Gasteiger partial charge in [0.25, 0.3) is 0 Å². The highest BCUT2D eigenvalue weighted by Gasteiger charge is 2.32. The molecule has 2 N–H and O–H groups in total. The molecule has 1 fully saturated rings. The molecule has 21 heavy (non-hydrogen) atoms. The molecule has 0 aliphatic heterocycles. The van der Waals surface area contributed by atoms with Gasteiger partial charge in [-0.1, -0.05) is 32.9 Å². The quantitative estimate of drug-likeness (QED) is 0.767. The molecule has 2 unspecified atom stereocenters. The summed E-state index contributed by atoms with van der Waals surface area (Å²) in [5.41, 5.74) is 4.06. The van der Waals surface area contributed by atoms with Gasteiger partial charge in [-0.2, -0.15) is 0 Å². The van der Waals surface area contributed by atoms with Crippen molar-refractivity contribution in [3.63, 3.8) is 0 Å². The minimum Gasteiger partial charge on any atom is -0.360 e. The summed E-state index contributed by atoms with van der Waals surface area (Å²) in [6.45, 7) is 11.3. The minimum absolute atomic E-state index is 0.407. The molecule has 0 bridgehead atoms. The Labute approximate surface area is 134 Å². The van der Waals surface area contributed by atoms with E-state index in [4.69, 9.17) is 12.2 Å². The van der Waals surface area contributed by atoms with Gasteiger partial charge in [0.1, 0.15) is 0 Å². The smallest absolute Gasteiger partial charge is 0.171 e. The Morgan fingerprint density at radius 2 is 1.95 bits per heavy atom. The summed E-state index contributed by atoms with van der Waals surface area (Å²) < 4.78 is 0. The zero-order valence-corrected chi connectivity index (χ0v) is 14.7. The highest BCUT2D eigenvalue weighted by atomic mass is 32.1. The lowest BCUT2D eigenvalue weighted by atomic mass is 9.71. The van der Waals surface area contributed by atoms with Gasteiger partial charge in [-0.25, -0.2) is 0 Å². The largest absolute Gasteiger partial charge is 0.360 e. The molecular formula is C18H28N2S. The Bertz CT molecular complexity index is 522. The molecule has 1 saturated carbocycles. The van der Waals surface area contributed by atoms with Crippen molar-refractivity contribution in [1.29, 1.82) is 0 Å². The van der Waals surface area contributed by atoms with E-state index in [1.807, 2.05) is 0 Å². The van der Waals surface area contributed by atoms with Crippen LogP contribution in [0.3, 0.4) is 0 Å². The molecule has 1 aromatic rings. The number of rotatable bonds is 2. The van der Waals surface area contributed by atoms with Crippen molar-refractivity contribution in [3.05, 3.63) is 29.3 Å². The van der Waals surface area contributed by atoms with Crippen LogP contribution in [0.5, 0.6) is 0 Å². The van der Waals surface area contributed by atoms with E-state index in [2.05, 4.69) is 63.5 Å². The fourth-order valence-corrected chi connectivity index (χ4v) is 3.96. The van der Waals surface area contributed by atoms with E-state index in [1.165, 1.54) is 30.4 Å². The van der Waals surface area contributed by atoms with E-state index in [-0.39, 0.29) is 0 Å². The highest BCUT2D eigenvalue weighted by Crippen LogP contribution is 2.38. The monoisotopic (exact) mass is 304 g/mol. The van der Waals surface area contributed by atoms with Gasteiger partial charge in [0, 0.05) is 11.7 Å². The average Bonchev–Trinajstić information content (AvgIpc) is 2.32. The molecule has 0 spiro atoms. The van der Waals surface area contributed by atoms with Gasteiger partial charge in [0.2, 0.25) is 0 Å². The fraction of sp³-hybridized carbons (Fsp3) is 0.611. The molecule has 1 aliphatic carbocycles. The topological polar surface area (TPSA) is 24.1 Å². The van der Waals surface area contributed by atoms with Crippen molar-refractivity contribution in [3.8, 4) is 0 Å². The van der Waals surface area contributed by atoms with E-state index in [9.17, 15) is 0 Å². The van der Waals surface area contributed by atoms with E-state index in [1.54, 1.807) is 0 Å². The first kappa shape index (κ1) is 16.3. The van der Waals surface area contributed by atoms with E-state index >= 15 is 0 Å². The van der Waals surface area contributed by atoms with Crippen LogP contribution in [0.2, 0.25) is 0 Å². The van der Waals surface area contributed by atoms with Gasteiger partial charge in [-0.15, -0.1) is 0 Å². The van der Waals surface area contributed by atoms with Crippen molar-refractivity contribution >= 4 is 23.0 Å². The Hall–Kier alpha value is -1.09. The second-order valence-corrected chi connectivity index (χ2v) is 7.86. The van der Waals surface area contributed by atoms with Gasteiger partial charge >= 0.3 is 0 Å². The molecule has 3 heteroatoms.